The molecule has 2 aromatic rings. The molecule has 7 heteroatoms. The number of thiophene rings is 1. The van der Waals surface area contributed by atoms with Crippen LogP contribution in [0.2, 0.25) is 0 Å². The van der Waals surface area contributed by atoms with E-state index in [1.807, 2.05) is 31.2 Å². The highest BCUT2D eigenvalue weighted by atomic mass is 32.2. The Morgan fingerprint density at radius 3 is 2.58 bits per heavy atom. The first-order chi connectivity index (χ1) is 11.3. The smallest absolute Gasteiger partial charge is 0.242 e. The van der Waals surface area contributed by atoms with Gasteiger partial charge in [0.25, 0.3) is 0 Å². The van der Waals surface area contributed by atoms with Gasteiger partial charge < -0.3 is 10.6 Å². The Bertz CT molecular complexity index is 819. The zero-order valence-electron chi connectivity index (χ0n) is 13.8. The van der Waals surface area contributed by atoms with E-state index in [0.29, 0.717) is 25.9 Å². The summed E-state index contributed by atoms with van der Waals surface area (Å²) in [5.74, 6) is -0.378. The second-order valence-corrected chi connectivity index (χ2v) is 9.84. The van der Waals surface area contributed by atoms with E-state index >= 15 is 0 Å². The number of hydrogen-bond acceptors (Lipinski definition) is 5. The predicted molar refractivity (Wildman–Crippen MR) is 98.1 cm³/mol. The number of carbonyl (C=O) groups excluding carboxylic acids is 1. The molecule has 1 aromatic carbocycles. The van der Waals surface area contributed by atoms with Gasteiger partial charge in [0.2, 0.25) is 5.91 Å². The molecule has 1 atom stereocenters. The van der Waals surface area contributed by atoms with Gasteiger partial charge in [0.15, 0.2) is 14.6 Å². The summed E-state index contributed by atoms with van der Waals surface area (Å²) in [5, 5.41) is 7.20. The van der Waals surface area contributed by atoms with Crippen LogP contribution in [0.3, 0.4) is 0 Å². The van der Waals surface area contributed by atoms with Crippen molar-refractivity contribution in [1.29, 1.82) is 0 Å². The summed E-state index contributed by atoms with van der Waals surface area (Å²) in [6, 6.07) is 9.89. The van der Waals surface area contributed by atoms with Crippen molar-refractivity contribution in [1.82, 2.24) is 10.6 Å². The van der Waals surface area contributed by atoms with E-state index in [9.17, 15) is 13.2 Å². The molecular weight excluding hydrogens is 344 g/mol. The molecule has 1 unspecified atom stereocenters. The summed E-state index contributed by atoms with van der Waals surface area (Å²) in [4.78, 5) is 13.9. The number of piperidine rings is 1. The van der Waals surface area contributed by atoms with Gasteiger partial charge >= 0.3 is 0 Å². The van der Waals surface area contributed by atoms with Crippen molar-refractivity contribution < 1.29 is 13.2 Å². The number of amides is 1. The molecule has 1 fully saturated rings. The normalized spacial score (nSPS) is 19.1. The Kier molecular flexibility index (Phi) is 4.68. The summed E-state index contributed by atoms with van der Waals surface area (Å²) in [6.45, 7) is 2.98. The fourth-order valence-corrected chi connectivity index (χ4v) is 5.62. The molecule has 2 N–H and O–H groups in total. The van der Waals surface area contributed by atoms with Crippen molar-refractivity contribution in [3.63, 3.8) is 0 Å². The number of fused-ring (bicyclic) bond motifs is 1. The van der Waals surface area contributed by atoms with Crippen LogP contribution in [0.4, 0.5) is 0 Å². The van der Waals surface area contributed by atoms with Gasteiger partial charge in [-0.15, -0.1) is 11.3 Å². The van der Waals surface area contributed by atoms with E-state index in [1.54, 1.807) is 11.3 Å². The molecule has 0 spiro atoms. The third-order valence-electron chi connectivity index (χ3n) is 4.75. The predicted octanol–water partition coefficient (Wildman–Crippen LogP) is 2.25. The molecule has 0 saturated carbocycles. The molecule has 5 nitrogen and oxygen atoms in total. The third kappa shape index (κ3) is 3.08. The van der Waals surface area contributed by atoms with E-state index in [4.69, 9.17) is 0 Å². The number of sulfone groups is 1. The van der Waals surface area contributed by atoms with Crippen molar-refractivity contribution >= 4 is 37.2 Å². The quantitative estimate of drug-likeness (QED) is 0.870. The van der Waals surface area contributed by atoms with Crippen molar-refractivity contribution in [2.45, 2.75) is 30.6 Å². The minimum atomic E-state index is -3.49. The first-order valence-electron chi connectivity index (χ1n) is 8.03. The average Bonchev–Trinajstić information content (AvgIpc) is 2.98. The Balaban J connectivity index is 1.84. The van der Waals surface area contributed by atoms with E-state index < -0.39 is 14.6 Å². The number of carbonyl (C=O) groups is 1. The second kappa shape index (κ2) is 6.46. The monoisotopic (exact) mass is 366 g/mol. The Hall–Kier alpha value is -1.44. The highest BCUT2D eigenvalue weighted by Crippen LogP contribution is 2.32. The van der Waals surface area contributed by atoms with E-state index in [0.717, 1.165) is 15.0 Å². The Morgan fingerprint density at radius 1 is 1.29 bits per heavy atom. The van der Waals surface area contributed by atoms with Crippen LogP contribution in [0.15, 0.2) is 30.3 Å². The van der Waals surface area contributed by atoms with Crippen LogP contribution in [0.5, 0.6) is 0 Å². The molecule has 1 aliphatic heterocycles. The molecular formula is C17H22N2O3S2. The molecule has 1 amide bonds. The summed E-state index contributed by atoms with van der Waals surface area (Å²) < 4.78 is 24.5. The number of hydrogen-bond donors (Lipinski definition) is 2. The fourth-order valence-electron chi connectivity index (χ4n) is 3.21. The zero-order valence-corrected chi connectivity index (χ0v) is 15.5. The maximum atomic E-state index is 12.9. The summed E-state index contributed by atoms with van der Waals surface area (Å²) in [5.41, 5.74) is 0. The van der Waals surface area contributed by atoms with Crippen LogP contribution in [-0.2, 0) is 14.6 Å². The van der Waals surface area contributed by atoms with Crippen LogP contribution >= 0.6 is 11.3 Å². The van der Waals surface area contributed by atoms with Crippen molar-refractivity contribution in [2.24, 2.45) is 0 Å². The molecule has 0 aliphatic carbocycles. The van der Waals surface area contributed by atoms with Gasteiger partial charge in [-0.25, -0.2) is 8.42 Å². The minimum absolute atomic E-state index is 0.219. The highest BCUT2D eigenvalue weighted by Gasteiger charge is 2.48. The summed E-state index contributed by atoms with van der Waals surface area (Å²) in [6.07, 6.45) is 1.80. The van der Waals surface area contributed by atoms with E-state index in [1.165, 1.54) is 6.26 Å². The number of nitrogens with one attached hydrogen (secondary N) is 2. The molecule has 1 aromatic heterocycles. The van der Waals surface area contributed by atoms with Crippen LogP contribution in [0.25, 0.3) is 10.1 Å². The Morgan fingerprint density at radius 2 is 1.96 bits per heavy atom. The molecule has 1 saturated heterocycles. The van der Waals surface area contributed by atoms with Gasteiger partial charge in [-0.05, 0) is 50.4 Å². The van der Waals surface area contributed by atoms with Gasteiger partial charge in [0.1, 0.15) is 0 Å². The lowest BCUT2D eigenvalue weighted by molar-refractivity contribution is -0.125. The van der Waals surface area contributed by atoms with Crippen LogP contribution < -0.4 is 10.6 Å². The molecule has 130 valence electrons. The highest BCUT2D eigenvalue weighted by molar-refractivity contribution is 7.92. The van der Waals surface area contributed by atoms with Crippen LogP contribution in [0, 0.1) is 0 Å². The molecule has 24 heavy (non-hydrogen) atoms. The molecule has 2 heterocycles. The standard InChI is InChI=1S/C17H22N2O3S2/c1-12(15-11-13-5-3-4-6-14(13)23-15)19-16(20)17(24(2,21)22)7-9-18-10-8-17/h3-6,11-12,18H,7-10H2,1-2H3,(H,19,20). The van der Waals surface area contributed by atoms with Gasteiger partial charge in [-0.2, -0.15) is 0 Å². The molecule has 0 bridgehead atoms. The maximum absolute atomic E-state index is 12.9. The van der Waals surface area contributed by atoms with E-state index in [2.05, 4.69) is 16.7 Å². The second-order valence-electron chi connectivity index (χ2n) is 6.40. The third-order valence-corrected chi connectivity index (χ3v) is 8.07. The first-order valence-corrected chi connectivity index (χ1v) is 10.7. The Labute approximate surface area is 146 Å². The van der Waals surface area contributed by atoms with Crippen molar-refractivity contribution in [2.75, 3.05) is 19.3 Å². The number of benzene rings is 1. The molecule has 3 rings (SSSR count). The van der Waals surface area contributed by atoms with Gasteiger partial charge in [0, 0.05) is 15.8 Å². The van der Waals surface area contributed by atoms with E-state index in [-0.39, 0.29) is 11.9 Å². The van der Waals surface area contributed by atoms with Crippen LogP contribution in [-0.4, -0.2) is 38.4 Å². The lowest BCUT2D eigenvalue weighted by atomic mass is 9.95. The lowest BCUT2D eigenvalue weighted by Crippen LogP contribution is -2.57. The average molecular weight is 367 g/mol. The lowest BCUT2D eigenvalue weighted by Gasteiger charge is -2.35. The topological polar surface area (TPSA) is 75.3 Å². The van der Waals surface area contributed by atoms with Gasteiger partial charge in [-0.1, -0.05) is 18.2 Å². The maximum Gasteiger partial charge on any atom is 0.242 e. The van der Waals surface area contributed by atoms with Crippen molar-refractivity contribution in [3.8, 4) is 0 Å². The molecule has 1 aliphatic rings. The largest absolute Gasteiger partial charge is 0.347 e. The van der Waals surface area contributed by atoms with Gasteiger partial charge in [-0.3, -0.25) is 4.79 Å². The fraction of sp³-hybridized carbons (Fsp3) is 0.471. The molecule has 0 radical (unpaired) electrons. The van der Waals surface area contributed by atoms with Crippen molar-refractivity contribution in [3.05, 3.63) is 35.2 Å². The summed E-state index contributed by atoms with van der Waals surface area (Å²) in [7, 11) is -3.49. The van der Waals surface area contributed by atoms with Gasteiger partial charge in [0.05, 0.1) is 6.04 Å². The van der Waals surface area contributed by atoms with Crippen LogP contribution in [0.1, 0.15) is 30.7 Å². The SMILES string of the molecule is CC(NC(=O)C1(S(C)(=O)=O)CCNCC1)c1cc2ccccc2s1. The minimum Gasteiger partial charge on any atom is -0.347 e. The first kappa shape index (κ1) is 17.4. The number of rotatable bonds is 4. The summed E-state index contributed by atoms with van der Waals surface area (Å²) >= 11 is 1.62. The zero-order chi connectivity index (χ0) is 17.4.